The third-order valence-electron chi connectivity index (χ3n) is 6.99. The summed E-state index contributed by atoms with van der Waals surface area (Å²) in [5.41, 5.74) is 6.03. The number of nitrogen functional groups attached to an aromatic ring is 1. The molecule has 0 aliphatic carbocycles. The lowest BCUT2D eigenvalue weighted by atomic mass is 9.92. The van der Waals surface area contributed by atoms with Crippen LogP contribution in [0, 0.1) is 17.2 Å². The molecule has 0 amide bonds. The van der Waals surface area contributed by atoms with Gasteiger partial charge in [-0.1, -0.05) is 31.8 Å². The molecule has 6 atom stereocenters. The molecule has 4 heterocycles. The van der Waals surface area contributed by atoms with E-state index >= 15 is 0 Å². The van der Waals surface area contributed by atoms with Gasteiger partial charge in [-0.15, -0.1) is 4.52 Å². The molecule has 0 spiro atoms. The van der Waals surface area contributed by atoms with Crippen molar-refractivity contribution in [1.29, 1.82) is 5.26 Å². The van der Waals surface area contributed by atoms with Crippen molar-refractivity contribution in [2.24, 2.45) is 5.92 Å². The maximum absolute atomic E-state index is 12.6. The van der Waals surface area contributed by atoms with E-state index in [4.69, 9.17) is 29.2 Å². The van der Waals surface area contributed by atoms with Crippen molar-refractivity contribution in [2.45, 2.75) is 83.2 Å². The highest BCUT2D eigenvalue weighted by Gasteiger charge is 2.65. The van der Waals surface area contributed by atoms with E-state index in [0.717, 1.165) is 12.8 Å². The number of ether oxygens (including phenoxy) is 4. The van der Waals surface area contributed by atoms with Crippen molar-refractivity contribution in [1.82, 2.24) is 14.7 Å². The Bertz CT molecular complexity index is 1230. The van der Waals surface area contributed by atoms with Gasteiger partial charge < -0.3 is 24.7 Å². The number of anilines is 1. The molecule has 4 rings (SSSR count). The largest absolute Gasteiger partial charge is 0.613 e. The second kappa shape index (κ2) is 11.2. The Balaban J connectivity index is 1.46. The first-order valence-electron chi connectivity index (χ1n) is 12.8. The Labute approximate surface area is 222 Å². The van der Waals surface area contributed by atoms with E-state index in [1.54, 1.807) is 43.5 Å². The molecule has 12 nitrogen and oxygen atoms in total. The maximum Gasteiger partial charge on any atom is 0.613 e. The highest BCUT2D eigenvalue weighted by Crippen LogP contribution is 2.49. The summed E-state index contributed by atoms with van der Waals surface area (Å²) in [6, 6.07) is 6.56. The molecular formula is C25H35N5O7P+. The SMILES string of the molecule is CCC(CC)COC(=O)[C@H](C)N[P+](=O)OC[C@H]1O[C@@](C#N)(c2ccc3c(N)ccnn23)[C@@H]2OC(C)(C)O[C@@H]21. The summed E-state index contributed by atoms with van der Waals surface area (Å²) in [5, 5.41) is 17.4. The van der Waals surface area contributed by atoms with Gasteiger partial charge in [0.25, 0.3) is 0 Å². The molecule has 2 aliphatic rings. The molecule has 2 aliphatic heterocycles. The van der Waals surface area contributed by atoms with E-state index in [-0.39, 0.29) is 12.5 Å². The van der Waals surface area contributed by atoms with Crippen LogP contribution in [0.2, 0.25) is 0 Å². The van der Waals surface area contributed by atoms with Crippen LogP contribution in [0.15, 0.2) is 24.4 Å². The zero-order chi connectivity index (χ0) is 27.7. The van der Waals surface area contributed by atoms with Crippen molar-refractivity contribution in [3.63, 3.8) is 0 Å². The van der Waals surface area contributed by atoms with Gasteiger partial charge in [-0.2, -0.15) is 10.4 Å². The number of hydrogen-bond donors (Lipinski definition) is 2. The van der Waals surface area contributed by atoms with Gasteiger partial charge in [0, 0.05) is 6.20 Å². The summed E-state index contributed by atoms with van der Waals surface area (Å²) >= 11 is 0. The van der Waals surface area contributed by atoms with Crippen LogP contribution in [0.25, 0.3) is 5.52 Å². The fraction of sp³-hybridized carbons (Fsp3) is 0.640. The number of nitrogens with zero attached hydrogens (tertiary/aromatic N) is 3. The molecule has 1 unspecified atom stereocenters. The molecule has 13 heteroatoms. The van der Waals surface area contributed by atoms with E-state index in [1.807, 2.05) is 13.8 Å². The molecule has 0 radical (unpaired) electrons. The molecule has 2 fully saturated rings. The Kier molecular flexibility index (Phi) is 8.37. The summed E-state index contributed by atoms with van der Waals surface area (Å²) < 4.78 is 43.5. The van der Waals surface area contributed by atoms with Crippen LogP contribution in [-0.4, -0.2) is 58.9 Å². The van der Waals surface area contributed by atoms with Gasteiger partial charge in [0.05, 0.1) is 23.5 Å². The first-order chi connectivity index (χ1) is 18.0. The molecule has 2 aromatic heterocycles. The molecule has 3 N–H and O–H groups in total. The third kappa shape index (κ3) is 5.41. The number of carbonyl (C=O) groups is 1. The second-order valence-corrected chi connectivity index (χ2v) is 11.1. The quantitative estimate of drug-likeness (QED) is 0.314. The molecular weight excluding hydrogens is 513 g/mol. The maximum atomic E-state index is 12.6. The van der Waals surface area contributed by atoms with Crippen molar-refractivity contribution in [3.05, 3.63) is 30.1 Å². The molecule has 38 heavy (non-hydrogen) atoms. The van der Waals surface area contributed by atoms with E-state index < -0.39 is 49.9 Å². The van der Waals surface area contributed by atoms with Gasteiger partial charge in [0.2, 0.25) is 5.60 Å². The fourth-order valence-corrected chi connectivity index (χ4v) is 5.57. The lowest BCUT2D eigenvalue weighted by molar-refractivity contribution is -0.203. The molecule has 2 aromatic rings. The molecule has 0 saturated carbocycles. The van der Waals surface area contributed by atoms with Crippen LogP contribution in [0.3, 0.4) is 0 Å². The molecule has 0 bridgehead atoms. The molecule has 2 saturated heterocycles. The van der Waals surface area contributed by atoms with Crippen LogP contribution in [0.1, 0.15) is 53.2 Å². The average Bonchev–Trinajstić information content (AvgIpc) is 3.54. The fourth-order valence-electron chi connectivity index (χ4n) is 4.79. The van der Waals surface area contributed by atoms with Gasteiger partial charge in [0.15, 0.2) is 5.79 Å². The zero-order valence-electron chi connectivity index (χ0n) is 22.2. The highest BCUT2D eigenvalue weighted by molar-refractivity contribution is 7.36. The topological polar surface area (TPSA) is 159 Å². The van der Waals surface area contributed by atoms with Gasteiger partial charge in [-0.3, -0.25) is 4.79 Å². The minimum atomic E-state index is -2.45. The second-order valence-electron chi connectivity index (χ2n) is 10.0. The minimum absolute atomic E-state index is 0.180. The van der Waals surface area contributed by atoms with Crippen LogP contribution in [0.4, 0.5) is 5.69 Å². The monoisotopic (exact) mass is 548 g/mol. The van der Waals surface area contributed by atoms with Crippen LogP contribution in [-0.2, 0) is 38.4 Å². The Morgan fingerprint density at radius 1 is 1.29 bits per heavy atom. The van der Waals surface area contributed by atoms with Gasteiger partial charge in [-0.25, -0.2) is 4.52 Å². The van der Waals surface area contributed by atoms with Gasteiger partial charge >= 0.3 is 14.1 Å². The number of rotatable bonds is 11. The van der Waals surface area contributed by atoms with E-state index in [2.05, 4.69) is 16.3 Å². The summed E-state index contributed by atoms with van der Waals surface area (Å²) in [6.07, 6.45) is 1.03. The van der Waals surface area contributed by atoms with Crippen molar-refractivity contribution in [2.75, 3.05) is 18.9 Å². The standard InChI is InChI=1S/C25H35N5O7P/c1-6-16(7-2)12-33-23(31)15(3)29-38(32)34-13-19-21-22(37-24(4,5)36-21)25(14-26,35-19)20-9-8-18-17(27)10-11-28-30(18)20/h8-11,15-16,19,21-22H,6-7,12-13,27H2,1-5H3,(H,29,32)/q+1/t15-,19+,21+,22+,25-/m0/s1. The van der Waals surface area contributed by atoms with Crippen LogP contribution in [0.5, 0.6) is 0 Å². The molecule has 206 valence electrons. The summed E-state index contributed by atoms with van der Waals surface area (Å²) in [6.45, 7) is 9.25. The predicted octanol–water partition coefficient (Wildman–Crippen LogP) is 3.19. The summed E-state index contributed by atoms with van der Waals surface area (Å²) in [7, 11) is -2.45. The van der Waals surface area contributed by atoms with Crippen molar-refractivity contribution < 1.29 is 32.8 Å². The van der Waals surface area contributed by atoms with E-state index in [1.165, 1.54) is 6.20 Å². The summed E-state index contributed by atoms with van der Waals surface area (Å²) in [4.78, 5) is 12.3. The lowest BCUT2D eigenvalue weighted by Gasteiger charge is -2.28. The number of esters is 1. The Morgan fingerprint density at radius 3 is 2.71 bits per heavy atom. The number of fused-ring (bicyclic) bond motifs is 2. The number of nitriles is 1. The van der Waals surface area contributed by atoms with Gasteiger partial charge in [0.1, 0.15) is 37.0 Å². The zero-order valence-corrected chi connectivity index (χ0v) is 23.1. The summed E-state index contributed by atoms with van der Waals surface area (Å²) in [5.74, 6) is -1.22. The average molecular weight is 549 g/mol. The number of nitrogens with one attached hydrogen (secondary N) is 1. The van der Waals surface area contributed by atoms with Gasteiger partial charge in [-0.05, 0) is 49.5 Å². The van der Waals surface area contributed by atoms with Crippen LogP contribution < -0.4 is 10.8 Å². The number of nitrogens with two attached hydrogens (primary N) is 1. The predicted molar refractivity (Wildman–Crippen MR) is 137 cm³/mol. The van der Waals surface area contributed by atoms with Crippen LogP contribution >= 0.6 is 8.18 Å². The Hall–Kier alpha value is -2.65. The van der Waals surface area contributed by atoms with Crippen molar-refractivity contribution >= 4 is 25.4 Å². The Morgan fingerprint density at radius 2 is 2.03 bits per heavy atom. The number of carbonyl (C=O) groups excluding carboxylic acids is 1. The van der Waals surface area contributed by atoms with Crippen molar-refractivity contribution in [3.8, 4) is 6.07 Å². The third-order valence-corrected chi connectivity index (χ3v) is 7.97. The normalized spacial score (nSPS) is 27.3. The lowest BCUT2D eigenvalue weighted by Crippen LogP contribution is -2.40. The highest BCUT2D eigenvalue weighted by atomic mass is 31.1. The first-order valence-corrected chi connectivity index (χ1v) is 13.9. The number of hydrogen-bond acceptors (Lipinski definition) is 10. The van der Waals surface area contributed by atoms with E-state index in [9.17, 15) is 14.6 Å². The first kappa shape index (κ1) is 28.4. The molecule has 0 aromatic carbocycles. The number of aromatic nitrogens is 2. The minimum Gasteiger partial charge on any atom is -0.464 e. The smallest absolute Gasteiger partial charge is 0.464 e. The van der Waals surface area contributed by atoms with E-state index in [0.29, 0.717) is 23.5 Å².